The quantitative estimate of drug-likeness (QED) is 0.719. The van der Waals surface area contributed by atoms with E-state index < -0.39 is 0 Å². The number of halogens is 1. The normalized spacial score (nSPS) is 12.0. The Hall–Kier alpha value is -1.26. The van der Waals surface area contributed by atoms with Crippen molar-refractivity contribution in [1.82, 2.24) is 4.90 Å². The van der Waals surface area contributed by atoms with Crippen LogP contribution in [0.4, 0.5) is 0 Å². The van der Waals surface area contributed by atoms with Gasteiger partial charge in [0.2, 0.25) is 5.91 Å². The van der Waals surface area contributed by atoms with Crippen LogP contribution < -0.4 is 4.74 Å². The largest absolute Gasteiger partial charge is 0.496 e. The van der Waals surface area contributed by atoms with E-state index >= 15 is 0 Å². The van der Waals surface area contributed by atoms with Crippen molar-refractivity contribution in [2.24, 2.45) is 0 Å². The summed E-state index contributed by atoms with van der Waals surface area (Å²) in [6, 6.07) is 7.50. The molecule has 0 fully saturated rings. The number of hydrogen-bond donors (Lipinski definition) is 0. The molecule has 1 aromatic rings. The molecule has 1 atom stereocenters. The number of hydrogen-bond acceptors (Lipinski definition) is 3. The standard InChI is InChI=1S/C14H20ClNO3/c1-16(9-12(15)10-18-2)14(17)8-11-6-4-5-7-13(11)19-3/h4-7,12H,8-10H2,1-3H3. The van der Waals surface area contributed by atoms with E-state index in [2.05, 4.69) is 0 Å². The van der Waals surface area contributed by atoms with E-state index in [1.807, 2.05) is 24.3 Å². The van der Waals surface area contributed by atoms with Gasteiger partial charge in [0.15, 0.2) is 0 Å². The second-order valence-corrected chi connectivity index (χ2v) is 4.93. The lowest BCUT2D eigenvalue weighted by molar-refractivity contribution is -0.129. The summed E-state index contributed by atoms with van der Waals surface area (Å²) in [5.74, 6) is 0.731. The van der Waals surface area contributed by atoms with Gasteiger partial charge in [-0.2, -0.15) is 0 Å². The van der Waals surface area contributed by atoms with Crippen LogP contribution in [-0.2, 0) is 16.0 Å². The zero-order chi connectivity index (χ0) is 14.3. The second kappa shape index (κ2) is 8.02. The third-order valence-corrected chi connectivity index (χ3v) is 3.04. The number of carbonyl (C=O) groups is 1. The molecule has 0 aliphatic rings. The van der Waals surface area contributed by atoms with Crippen molar-refractivity contribution in [2.75, 3.05) is 34.4 Å². The van der Waals surface area contributed by atoms with Crippen molar-refractivity contribution in [3.8, 4) is 5.75 Å². The van der Waals surface area contributed by atoms with Gasteiger partial charge < -0.3 is 14.4 Å². The highest BCUT2D eigenvalue weighted by Gasteiger charge is 2.15. The number of para-hydroxylation sites is 1. The van der Waals surface area contributed by atoms with E-state index in [-0.39, 0.29) is 11.3 Å². The Labute approximate surface area is 119 Å². The van der Waals surface area contributed by atoms with Gasteiger partial charge in [0.05, 0.1) is 25.5 Å². The summed E-state index contributed by atoms with van der Waals surface area (Å²) in [6.45, 7) is 0.886. The van der Waals surface area contributed by atoms with Gasteiger partial charge in [0.25, 0.3) is 0 Å². The van der Waals surface area contributed by atoms with Crippen LogP contribution >= 0.6 is 11.6 Å². The topological polar surface area (TPSA) is 38.8 Å². The average molecular weight is 286 g/mol. The van der Waals surface area contributed by atoms with E-state index in [0.717, 1.165) is 11.3 Å². The highest BCUT2D eigenvalue weighted by atomic mass is 35.5. The Balaban J connectivity index is 2.58. The minimum absolute atomic E-state index is 0.00579. The minimum atomic E-state index is -0.198. The number of methoxy groups -OCH3 is 2. The van der Waals surface area contributed by atoms with Gasteiger partial charge in [-0.25, -0.2) is 0 Å². The van der Waals surface area contributed by atoms with Crippen LogP contribution in [0.2, 0.25) is 0 Å². The number of likely N-dealkylation sites (N-methyl/N-ethyl adjacent to an activating group) is 1. The average Bonchev–Trinajstić information content (AvgIpc) is 2.39. The molecule has 0 N–H and O–H groups in total. The summed E-state index contributed by atoms with van der Waals surface area (Å²) in [5.41, 5.74) is 0.875. The minimum Gasteiger partial charge on any atom is -0.496 e. The highest BCUT2D eigenvalue weighted by molar-refractivity contribution is 6.21. The van der Waals surface area contributed by atoms with E-state index in [4.69, 9.17) is 21.1 Å². The third kappa shape index (κ3) is 5.09. The van der Waals surface area contributed by atoms with Crippen molar-refractivity contribution in [1.29, 1.82) is 0 Å². The molecule has 106 valence electrons. The number of ether oxygens (including phenoxy) is 2. The molecule has 0 bridgehead atoms. The fourth-order valence-electron chi connectivity index (χ4n) is 1.78. The van der Waals surface area contributed by atoms with Gasteiger partial charge in [-0.3, -0.25) is 4.79 Å². The van der Waals surface area contributed by atoms with Gasteiger partial charge in [-0.05, 0) is 6.07 Å². The third-order valence-electron chi connectivity index (χ3n) is 2.78. The lowest BCUT2D eigenvalue weighted by Crippen LogP contribution is -2.34. The van der Waals surface area contributed by atoms with Crippen LogP contribution in [-0.4, -0.2) is 50.6 Å². The van der Waals surface area contributed by atoms with E-state index in [1.165, 1.54) is 0 Å². The molecule has 4 nitrogen and oxygen atoms in total. The number of benzene rings is 1. The Morgan fingerprint density at radius 2 is 2.05 bits per heavy atom. The number of nitrogens with zero attached hydrogens (tertiary/aromatic N) is 1. The Bertz CT molecular complexity index is 411. The first kappa shape index (κ1) is 15.8. The molecule has 5 heteroatoms. The van der Waals surface area contributed by atoms with Gasteiger partial charge in [0, 0.05) is 26.3 Å². The maximum absolute atomic E-state index is 12.1. The van der Waals surface area contributed by atoms with Crippen LogP contribution in [0, 0.1) is 0 Å². The Kier molecular flexibility index (Phi) is 6.67. The first-order valence-electron chi connectivity index (χ1n) is 6.07. The molecule has 19 heavy (non-hydrogen) atoms. The SMILES string of the molecule is COCC(Cl)CN(C)C(=O)Cc1ccccc1OC. The molecule has 1 rings (SSSR count). The summed E-state index contributed by atoms with van der Waals surface area (Å²) < 4.78 is 10.2. The maximum Gasteiger partial charge on any atom is 0.226 e. The van der Waals surface area contributed by atoms with Crippen molar-refractivity contribution >= 4 is 17.5 Å². The number of amides is 1. The van der Waals surface area contributed by atoms with Gasteiger partial charge in [-0.15, -0.1) is 11.6 Å². The van der Waals surface area contributed by atoms with Crippen LogP contribution in [0.1, 0.15) is 5.56 Å². The predicted molar refractivity (Wildman–Crippen MR) is 75.9 cm³/mol. The van der Waals surface area contributed by atoms with Crippen LogP contribution in [0.25, 0.3) is 0 Å². The Morgan fingerprint density at radius 1 is 1.37 bits per heavy atom. The molecular weight excluding hydrogens is 266 g/mol. The van der Waals surface area contributed by atoms with Gasteiger partial charge >= 0.3 is 0 Å². The lowest BCUT2D eigenvalue weighted by Gasteiger charge is -2.20. The number of alkyl halides is 1. The molecular formula is C14H20ClNO3. The molecule has 1 unspecified atom stereocenters. The molecule has 0 saturated carbocycles. The smallest absolute Gasteiger partial charge is 0.226 e. The monoisotopic (exact) mass is 285 g/mol. The number of rotatable bonds is 7. The van der Waals surface area contributed by atoms with E-state index in [9.17, 15) is 4.79 Å². The summed E-state index contributed by atoms with van der Waals surface area (Å²) in [5, 5.41) is -0.198. The van der Waals surface area contributed by atoms with Crippen molar-refractivity contribution < 1.29 is 14.3 Å². The summed E-state index contributed by atoms with van der Waals surface area (Å²) in [4.78, 5) is 13.7. The predicted octanol–water partition coefficient (Wildman–Crippen LogP) is 1.95. The zero-order valence-electron chi connectivity index (χ0n) is 11.6. The van der Waals surface area contributed by atoms with Crippen molar-refractivity contribution in [3.05, 3.63) is 29.8 Å². The summed E-state index contributed by atoms with van der Waals surface area (Å²) >= 11 is 6.04. The van der Waals surface area contributed by atoms with Crippen LogP contribution in [0.15, 0.2) is 24.3 Å². The van der Waals surface area contributed by atoms with Gasteiger partial charge in [-0.1, -0.05) is 18.2 Å². The molecule has 0 heterocycles. The molecule has 0 aromatic heterocycles. The first-order valence-corrected chi connectivity index (χ1v) is 6.51. The molecule has 0 aliphatic carbocycles. The molecule has 0 spiro atoms. The lowest BCUT2D eigenvalue weighted by atomic mass is 10.1. The molecule has 0 saturated heterocycles. The summed E-state index contributed by atoms with van der Waals surface area (Å²) in [6.07, 6.45) is 0.303. The van der Waals surface area contributed by atoms with E-state index in [1.54, 1.807) is 26.2 Å². The molecule has 1 aromatic carbocycles. The molecule has 1 amide bonds. The zero-order valence-corrected chi connectivity index (χ0v) is 12.3. The van der Waals surface area contributed by atoms with Crippen molar-refractivity contribution in [2.45, 2.75) is 11.8 Å². The second-order valence-electron chi connectivity index (χ2n) is 4.32. The highest BCUT2D eigenvalue weighted by Crippen LogP contribution is 2.18. The molecule has 0 radical (unpaired) electrons. The number of carbonyl (C=O) groups excluding carboxylic acids is 1. The van der Waals surface area contributed by atoms with Crippen LogP contribution in [0.3, 0.4) is 0 Å². The molecule has 0 aliphatic heterocycles. The Morgan fingerprint density at radius 3 is 2.68 bits per heavy atom. The first-order chi connectivity index (χ1) is 9.08. The maximum atomic E-state index is 12.1. The van der Waals surface area contributed by atoms with Crippen molar-refractivity contribution in [3.63, 3.8) is 0 Å². The summed E-state index contributed by atoms with van der Waals surface area (Å²) in [7, 11) is 4.93. The van der Waals surface area contributed by atoms with Gasteiger partial charge in [0.1, 0.15) is 5.75 Å². The van der Waals surface area contributed by atoms with E-state index in [0.29, 0.717) is 19.6 Å². The van der Waals surface area contributed by atoms with Crippen LogP contribution in [0.5, 0.6) is 5.75 Å². The fraction of sp³-hybridized carbons (Fsp3) is 0.500. The fourth-order valence-corrected chi connectivity index (χ4v) is 2.11.